The van der Waals surface area contributed by atoms with Crippen molar-refractivity contribution >= 4 is 12.4 Å². The lowest BCUT2D eigenvalue weighted by molar-refractivity contribution is 0.231. The fourth-order valence-electron chi connectivity index (χ4n) is 2.37. The molecule has 1 aromatic rings. The van der Waals surface area contributed by atoms with Gasteiger partial charge in [-0.15, -0.1) is 5.46 Å². The standard InChI is InChI=1S/C13H18BF3N/c15-14(16,17)13-6-4-12(5-7-13)8-11-18-9-2-1-3-10-18/h4-7H,1-3,8-11H2/q-1. The summed E-state index contributed by atoms with van der Waals surface area (Å²) in [5, 5.41) is 0. The van der Waals surface area contributed by atoms with E-state index in [2.05, 4.69) is 4.90 Å². The summed E-state index contributed by atoms with van der Waals surface area (Å²) in [5.74, 6) is 0. The molecular formula is C13H18BF3N-. The van der Waals surface area contributed by atoms with Gasteiger partial charge in [-0.2, -0.15) is 0 Å². The average Bonchev–Trinajstić information content (AvgIpc) is 2.37. The third kappa shape index (κ3) is 3.77. The molecule has 0 aromatic heterocycles. The highest BCUT2D eigenvalue weighted by Gasteiger charge is 2.24. The van der Waals surface area contributed by atoms with Crippen molar-refractivity contribution in [2.45, 2.75) is 25.7 Å². The Kier molecular flexibility index (Phi) is 4.33. The van der Waals surface area contributed by atoms with Crippen molar-refractivity contribution in [2.24, 2.45) is 0 Å². The average molecular weight is 256 g/mol. The van der Waals surface area contributed by atoms with Crippen molar-refractivity contribution < 1.29 is 12.9 Å². The number of halogens is 3. The van der Waals surface area contributed by atoms with Crippen LogP contribution < -0.4 is 5.46 Å². The molecule has 1 heterocycles. The van der Waals surface area contributed by atoms with Crippen LogP contribution in [0.5, 0.6) is 0 Å². The van der Waals surface area contributed by atoms with Crippen LogP contribution in [0.1, 0.15) is 24.8 Å². The number of piperidine rings is 1. The van der Waals surface area contributed by atoms with E-state index in [1.54, 1.807) is 12.1 Å². The van der Waals surface area contributed by atoms with E-state index in [9.17, 15) is 12.9 Å². The lowest BCUT2D eigenvalue weighted by atomic mass is 9.80. The van der Waals surface area contributed by atoms with Gasteiger partial charge in [0.05, 0.1) is 0 Å². The first-order valence-electron chi connectivity index (χ1n) is 6.57. The van der Waals surface area contributed by atoms with Crippen molar-refractivity contribution in [3.8, 4) is 0 Å². The molecule has 0 unspecified atom stereocenters. The SMILES string of the molecule is F[B-](F)(F)c1ccc(CCN2CCCCC2)cc1. The van der Waals surface area contributed by atoms with Crippen molar-refractivity contribution in [1.82, 2.24) is 4.90 Å². The van der Waals surface area contributed by atoms with E-state index in [-0.39, 0.29) is 0 Å². The zero-order chi connectivity index (χ0) is 13.0. The number of hydrogen-bond donors (Lipinski definition) is 0. The van der Waals surface area contributed by atoms with Gasteiger partial charge in [-0.1, -0.05) is 30.7 Å². The summed E-state index contributed by atoms with van der Waals surface area (Å²) in [4.78, 5) is 2.39. The van der Waals surface area contributed by atoms with Crippen LogP contribution in [0.25, 0.3) is 0 Å². The van der Waals surface area contributed by atoms with Gasteiger partial charge < -0.3 is 17.8 Å². The van der Waals surface area contributed by atoms with Gasteiger partial charge in [0, 0.05) is 6.54 Å². The van der Waals surface area contributed by atoms with Gasteiger partial charge in [-0.3, -0.25) is 0 Å². The van der Waals surface area contributed by atoms with Crippen molar-refractivity contribution in [3.05, 3.63) is 29.8 Å². The first-order chi connectivity index (χ1) is 8.55. The topological polar surface area (TPSA) is 3.24 Å². The molecule has 0 atom stereocenters. The van der Waals surface area contributed by atoms with Crippen LogP contribution in [-0.2, 0) is 6.42 Å². The maximum absolute atomic E-state index is 12.5. The number of nitrogens with zero attached hydrogens (tertiary/aromatic N) is 1. The van der Waals surface area contributed by atoms with Crippen LogP contribution in [-0.4, -0.2) is 31.5 Å². The molecule has 0 saturated carbocycles. The van der Waals surface area contributed by atoms with Gasteiger partial charge in [0.25, 0.3) is 0 Å². The molecule has 18 heavy (non-hydrogen) atoms. The molecule has 5 heteroatoms. The van der Waals surface area contributed by atoms with Crippen LogP contribution in [0.4, 0.5) is 12.9 Å². The Morgan fingerprint density at radius 2 is 1.56 bits per heavy atom. The Labute approximate surface area is 106 Å². The normalized spacial score (nSPS) is 17.9. The van der Waals surface area contributed by atoms with Gasteiger partial charge in [0.2, 0.25) is 0 Å². The van der Waals surface area contributed by atoms with Crippen LogP contribution in [0.15, 0.2) is 24.3 Å². The van der Waals surface area contributed by atoms with Crippen LogP contribution in [0.2, 0.25) is 0 Å². The fraction of sp³-hybridized carbons (Fsp3) is 0.538. The van der Waals surface area contributed by atoms with Gasteiger partial charge in [-0.25, -0.2) is 0 Å². The van der Waals surface area contributed by atoms with E-state index >= 15 is 0 Å². The summed E-state index contributed by atoms with van der Waals surface area (Å²) in [6.45, 7) is -1.64. The predicted octanol–water partition coefficient (Wildman–Crippen LogP) is 2.77. The van der Waals surface area contributed by atoms with Crippen molar-refractivity contribution in [1.29, 1.82) is 0 Å². The molecule has 0 N–H and O–H groups in total. The predicted molar refractivity (Wildman–Crippen MR) is 69.1 cm³/mol. The molecule has 1 aliphatic heterocycles. The number of rotatable bonds is 4. The molecule has 0 aliphatic carbocycles. The molecule has 1 aromatic carbocycles. The maximum Gasteiger partial charge on any atom is 0.509 e. The van der Waals surface area contributed by atoms with E-state index in [1.165, 1.54) is 31.4 Å². The molecule has 1 saturated heterocycles. The van der Waals surface area contributed by atoms with Crippen LogP contribution in [0.3, 0.4) is 0 Å². The minimum Gasteiger partial charge on any atom is -0.445 e. The Hall–Kier alpha value is -0.965. The number of benzene rings is 1. The first kappa shape index (κ1) is 13.5. The maximum atomic E-state index is 12.5. The highest BCUT2D eigenvalue weighted by Crippen LogP contribution is 2.12. The third-order valence-corrected chi connectivity index (χ3v) is 3.52. The Morgan fingerprint density at radius 3 is 2.11 bits per heavy atom. The third-order valence-electron chi connectivity index (χ3n) is 3.52. The highest BCUT2D eigenvalue weighted by molar-refractivity contribution is 6.73. The molecule has 0 spiro atoms. The Balaban J connectivity index is 1.86. The van der Waals surface area contributed by atoms with Gasteiger partial charge >= 0.3 is 6.98 Å². The lowest BCUT2D eigenvalue weighted by Crippen LogP contribution is -2.34. The summed E-state index contributed by atoms with van der Waals surface area (Å²) < 4.78 is 37.4. The summed E-state index contributed by atoms with van der Waals surface area (Å²) in [7, 11) is 0. The molecule has 2 rings (SSSR count). The van der Waals surface area contributed by atoms with Crippen molar-refractivity contribution in [3.63, 3.8) is 0 Å². The molecule has 0 amide bonds. The largest absolute Gasteiger partial charge is 0.509 e. The molecule has 100 valence electrons. The van der Waals surface area contributed by atoms with Crippen LogP contribution in [0, 0.1) is 0 Å². The molecule has 1 nitrogen and oxygen atoms in total. The second-order valence-electron chi connectivity index (χ2n) is 4.97. The highest BCUT2D eigenvalue weighted by atomic mass is 19.4. The second kappa shape index (κ2) is 5.78. The second-order valence-corrected chi connectivity index (χ2v) is 4.97. The zero-order valence-corrected chi connectivity index (χ0v) is 10.4. The number of hydrogen-bond acceptors (Lipinski definition) is 1. The monoisotopic (exact) mass is 256 g/mol. The summed E-state index contributed by atoms with van der Waals surface area (Å²) >= 11 is 0. The van der Waals surface area contributed by atoms with E-state index in [0.29, 0.717) is 0 Å². The fourth-order valence-corrected chi connectivity index (χ4v) is 2.37. The molecular weight excluding hydrogens is 238 g/mol. The van der Waals surface area contributed by atoms with Crippen LogP contribution >= 0.6 is 0 Å². The van der Waals surface area contributed by atoms with E-state index in [0.717, 1.165) is 31.6 Å². The minimum atomic E-state index is -4.86. The molecule has 0 bridgehead atoms. The van der Waals surface area contributed by atoms with Gasteiger partial charge in [0.1, 0.15) is 0 Å². The zero-order valence-electron chi connectivity index (χ0n) is 10.4. The van der Waals surface area contributed by atoms with E-state index in [4.69, 9.17) is 0 Å². The van der Waals surface area contributed by atoms with Crippen molar-refractivity contribution in [2.75, 3.05) is 19.6 Å². The Bertz CT molecular complexity index is 369. The summed E-state index contributed by atoms with van der Waals surface area (Å²) in [6.07, 6.45) is 4.63. The van der Waals surface area contributed by atoms with E-state index < -0.39 is 12.4 Å². The molecule has 1 fully saturated rings. The molecule has 1 aliphatic rings. The summed E-state index contributed by atoms with van der Waals surface area (Å²) in [6, 6.07) is 5.61. The smallest absolute Gasteiger partial charge is 0.445 e. The number of likely N-dealkylation sites (tertiary alicyclic amines) is 1. The van der Waals surface area contributed by atoms with Gasteiger partial charge in [0.15, 0.2) is 0 Å². The minimum absolute atomic E-state index is 0.503. The van der Waals surface area contributed by atoms with E-state index in [1.807, 2.05) is 0 Å². The summed E-state index contributed by atoms with van der Waals surface area (Å²) in [5.41, 5.74) is 0.487. The van der Waals surface area contributed by atoms with Gasteiger partial charge in [-0.05, 0) is 37.9 Å². The lowest BCUT2D eigenvalue weighted by Gasteiger charge is -2.26. The first-order valence-corrected chi connectivity index (χ1v) is 6.57. The molecule has 0 radical (unpaired) electrons. The quantitative estimate of drug-likeness (QED) is 0.749. The Morgan fingerprint density at radius 1 is 0.944 bits per heavy atom.